The second-order valence-corrected chi connectivity index (χ2v) is 7.47. The molecule has 2 heterocycles. The van der Waals surface area contributed by atoms with Crippen LogP contribution in [0.25, 0.3) is 0 Å². The van der Waals surface area contributed by atoms with Crippen molar-refractivity contribution in [1.29, 1.82) is 0 Å². The highest BCUT2D eigenvalue weighted by molar-refractivity contribution is 6.32. The van der Waals surface area contributed by atoms with Crippen LogP contribution in [0.15, 0.2) is 82.6 Å². The highest BCUT2D eigenvalue weighted by Gasteiger charge is 2.19. The largest absolute Gasteiger partial charge is 0.421 e. The van der Waals surface area contributed by atoms with E-state index < -0.39 is 34.9 Å². The first-order valence-electron chi connectivity index (χ1n) is 10.0. The summed E-state index contributed by atoms with van der Waals surface area (Å²) in [6.07, 6.45) is 1.65. The van der Waals surface area contributed by atoms with E-state index >= 15 is 0 Å². The van der Waals surface area contributed by atoms with Crippen LogP contribution >= 0.6 is 11.6 Å². The number of aromatic nitrogens is 3. The summed E-state index contributed by atoms with van der Waals surface area (Å²) in [4.78, 5) is 67.1. The molecule has 0 aliphatic heterocycles. The summed E-state index contributed by atoms with van der Waals surface area (Å²) in [5.74, 6) is -4.55. The molecule has 0 atom stereocenters. The molecule has 2 aromatic carbocycles. The average Bonchev–Trinajstić information content (AvgIpc) is 2.89. The van der Waals surface area contributed by atoms with Crippen LogP contribution in [0.2, 0.25) is 5.02 Å². The number of nitrogens with one attached hydrogen (secondary N) is 1. The van der Waals surface area contributed by atoms with Gasteiger partial charge in [-0.15, -0.1) is 0 Å². The van der Waals surface area contributed by atoms with Gasteiger partial charge < -0.3 is 14.5 Å². The monoisotopic (exact) mass is 509 g/mol. The van der Waals surface area contributed by atoms with Crippen LogP contribution in [-0.2, 0) is 0 Å². The zero-order chi connectivity index (χ0) is 25.8. The maximum absolute atomic E-state index is 13.5. The highest BCUT2D eigenvalue weighted by Crippen LogP contribution is 2.28. The number of benzene rings is 2. The van der Waals surface area contributed by atoms with E-state index in [0.29, 0.717) is 6.20 Å². The Morgan fingerprint density at radius 2 is 1.56 bits per heavy atom. The van der Waals surface area contributed by atoms with Crippen LogP contribution in [0.3, 0.4) is 0 Å². The molecule has 0 amide bonds. The van der Waals surface area contributed by atoms with E-state index in [2.05, 4.69) is 4.98 Å². The molecule has 0 bridgehead atoms. The van der Waals surface area contributed by atoms with Gasteiger partial charge in [0.2, 0.25) is 11.7 Å². The Morgan fingerprint density at radius 3 is 2.31 bits per heavy atom. The van der Waals surface area contributed by atoms with Gasteiger partial charge in [-0.25, -0.2) is 19.4 Å². The third kappa shape index (κ3) is 5.10. The van der Waals surface area contributed by atoms with Gasteiger partial charge in [0, 0.05) is 17.8 Å². The summed E-state index contributed by atoms with van der Waals surface area (Å²) in [6, 6.07) is 14.1. The van der Waals surface area contributed by atoms with E-state index in [0.717, 1.165) is 18.3 Å². The number of aromatic amines is 1. The van der Waals surface area contributed by atoms with Crippen molar-refractivity contribution in [2.75, 3.05) is 0 Å². The van der Waals surface area contributed by atoms with Crippen molar-refractivity contribution in [2.45, 2.75) is 0 Å². The fraction of sp³-hybridized carbons (Fsp3) is 0. The number of hydrogen-bond donors (Lipinski definition) is 1. The number of pyridine rings is 1. The number of halogens is 2. The maximum Gasteiger partial charge on any atom is 0.344 e. The first kappa shape index (κ1) is 24.2. The molecule has 36 heavy (non-hydrogen) atoms. The van der Waals surface area contributed by atoms with Gasteiger partial charge >= 0.3 is 17.6 Å². The number of H-pyrrole nitrogens is 1. The molecule has 0 spiro atoms. The van der Waals surface area contributed by atoms with Crippen LogP contribution in [-0.4, -0.2) is 32.4 Å². The number of esters is 2. The zero-order valence-corrected chi connectivity index (χ0v) is 18.7. The summed E-state index contributed by atoms with van der Waals surface area (Å²) in [5, 5.41) is -0.0163. The van der Waals surface area contributed by atoms with Crippen LogP contribution < -0.4 is 20.7 Å². The van der Waals surface area contributed by atoms with Gasteiger partial charge in [0.1, 0.15) is 5.02 Å². The summed E-state index contributed by atoms with van der Waals surface area (Å²) in [7, 11) is 0. The van der Waals surface area contributed by atoms with Crippen molar-refractivity contribution in [1.82, 2.24) is 14.5 Å². The molecule has 0 saturated carbocycles. The molecule has 0 radical (unpaired) electrons. The quantitative estimate of drug-likeness (QED) is 0.405. The Bertz CT molecular complexity index is 1620. The zero-order valence-electron chi connectivity index (χ0n) is 17.9. The number of ether oxygens (including phenoxy) is 2. The Balaban J connectivity index is 1.55. The van der Waals surface area contributed by atoms with E-state index in [1.165, 1.54) is 18.2 Å². The van der Waals surface area contributed by atoms with Crippen molar-refractivity contribution in [2.24, 2.45) is 0 Å². The topological polar surface area (TPSA) is 137 Å². The molecule has 4 aromatic rings. The van der Waals surface area contributed by atoms with Gasteiger partial charge in [-0.3, -0.25) is 9.59 Å². The van der Waals surface area contributed by atoms with Crippen LogP contribution in [0.5, 0.6) is 11.6 Å². The summed E-state index contributed by atoms with van der Waals surface area (Å²) in [6.45, 7) is 0. The Hall–Kier alpha value is -4.90. The minimum Gasteiger partial charge on any atom is -0.421 e. The lowest BCUT2D eigenvalue weighted by molar-refractivity contribution is 0.0726. The fourth-order valence-electron chi connectivity index (χ4n) is 2.97. The molecule has 10 nitrogen and oxygen atoms in total. The number of hydrogen-bond acceptors (Lipinski definition) is 8. The maximum atomic E-state index is 13.5. The van der Waals surface area contributed by atoms with Gasteiger partial charge in [0.15, 0.2) is 5.75 Å². The molecular formula is C24H13ClFN3O7. The second-order valence-electron chi connectivity index (χ2n) is 7.07. The third-order valence-electron chi connectivity index (χ3n) is 4.69. The second kappa shape index (κ2) is 10.2. The first-order chi connectivity index (χ1) is 17.2. The summed E-state index contributed by atoms with van der Waals surface area (Å²) in [5.41, 5.74) is -2.74. The molecule has 0 aliphatic carbocycles. The summed E-state index contributed by atoms with van der Waals surface area (Å²) >= 11 is 6.03. The first-order valence-corrected chi connectivity index (χ1v) is 10.4. The fourth-order valence-corrected chi connectivity index (χ4v) is 3.11. The van der Waals surface area contributed by atoms with Gasteiger partial charge in [0.25, 0.3) is 11.5 Å². The Morgan fingerprint density at radius 1 is 0.889 bits per heavy atom. The van der Waals surface area contributed by atoms with Gasteiger partial charge in [0.05, 0.1) is 17.3 Å². The summed E-state index contributed by atoms with van der Waals surface area (Å²) < 4.78 is 24.0. The minimum absolute atomic E-state index is 0.0163. The van der Waals surface area contributed by atoms with Crippen LogP contribution in [0, 0.1) is 5.82 Å². The number of carbonyl (C=O) groups excluding carboxylic acids is 3. The lowest BCUT2D eigenvalue weighted by Crippen LogP contribution is -2.41. The van der Waals surface area contributed by atoms with Crippen molar-refractivity contribution in [3.63, 3.8) is 0 Å². The number of rotatable bonds is 5. The van der Waals surface area contributed by atoms with Crippen molar-refractivity contribution in [3.05, 3.63) is 121 Å². The lowest BCUT2D eigenvalue weighted by atomic mass is 10.1. The SMILES string of the molecule is O=C(Oc1cc(OC(=O)c2ccccc2)c(Cl)cn1)c1cccc(C(=O)n2c(=O)[nH]cc(F)c2=O)c1. The Labute approximate surface area is 205 Å². The van der Waals surface area contributed by atoms with Crippen LogP contribution in [0.1, 0.15) is 31.1 Å². The third-order valence-corrected chi connectivity index (χ3v) is 4.97. The van der Waals surface area contributed by atoms with Crippen LogP contribution in [0.4, 0.5) is 4.39 Å². The van der Waals surface area contributed by atoms with Crippen molar-refractivity contribution in [3.8, 4) is 11.6 Å². The molecule has 12 heteroatoms. The number of nitrogens with zero attached hydrogens (tertiary/aromatic N) is 2. The standard InChI is InChI=1S/C24H13ClFN3O7/c25-16-11-27-19(10-18(16)35-22(32)13-5-2-1-3-6-13)36-23(33)15-8-4-7-14(9-15)20(30)29-21(31)17(26)12-28-24(29)34/h1-12H,(H,28,34). The normalized spacial score (nSPS) is 10.5. The molecule has 4 rings (SSSR count). The smallest absolute Gasteiger partial charge is 0.344 e. The predicted molar refractivity (Wildman–Crippen MR) is 123 cm³/mol. The van der Waals surface area contributed by atoms with E-state index in [1.54, 1.807) is 30.3 Å². The van der Waals surface area contributed by atoms with Gasteiger partial charge in [-0.1, -0.05) is 35.9 Å². The molecule has 1 N–H and O–H groups in total. The van der Waals surface area contributed by atoms with Crippen molar-refractivity contribution >= 4 is 29.4 Å². The van der Waals surface area contributed by atoms with Crippen molar-refractivity contribution < 1.29 is 28.2 Å². The molecular weight excluding hydrogens is 497 g/mol. The Kier molecular flexibility index (Phi) is 6.84. The minimum atomic E-state index is -1.44. The molecule has 0 saturated heterocycles. The molecule has 180 valence electrons. The molecule has 0 fully saturated rings. The predicted octanol–water partition coefficient (Wildman–Crippen LogP) is 2.85. The molecule has 0 aliphatic rings. The molecule has 0 unspecified atom stereocenters. The van der Waals surface area contributed by atoms with E-state index in [-0.39, 0.29) is 37.9 Å². The molecule has 2 aromatic heterocycles. The van der Waals surface area contributed by atoms with E-state index in [4.69, 9.17) is 21.1 Å². The average molecular weight is 510 g/mol. The van der Waals surface area contributed by atoms with E-state index in [9.17, 15) is 28.4 Å². The number of carbonyl (C=O) groups is 3. The highest BCUT2D eigenvalue weighted by atomic mass is 35.5. The lowest BCUT2D eigenvalue weighted by Gasteiger charge is -2.09. The van der Waals surface area contributed by atoms with Gasteiger partial charge in [-0.05, 0) is 30.3 Å². The van der Waals surface area contributed by atoms with Gasteiger partial charge in [-0.2, -0.15) is 8.96 Å². The van der Waals surface area contributed by atoms with E-state index in [1.807, 2.05) is 4.98 Å².